The largest absolute Gasteiger partial charge is 0.444 e. The molecule has 12 heteroatoms. The number of fused-ring (bicyclic) bond motifs is 1. The van der Waals surface area contributed by atoms with Gasteiger partial charge >= 0.3 is 0 Å². The maximum atomic E-state index is 13.8. The van der Waals surface area contributed by atoms with Crippen molar-refractivity contribution < 1.29 is 14.3 Å². The average Bonchev–Trinajstić information content (AvgIpc) is 3.44. The summed E-state index contributed by atoms with van der Waals surface area (Å²) >= 11 is 1.47. The standard InChI is InChI=1S/C33H37N7O4S/c1-6-39-11-13-40(14-12-39)32-36-17-22(18-37-32)25-16-24(30(41)35-19-26-27(45-5)15-20(2)38-31(26)42)21(3)28-29(25)44-33(4,43-28)23-7-9-34-10-8-23/h7-10,15-18H,6,11-14,19H2,1-5H3,(H,35,41)(H,38,42). The Morgan fingerprint density at radius 2 is 1.76 bits per heavy atom. The minimum atomic E-state index is -1.14. The summed E-state index contributed by atoms with van der Waals surface area (Å²) in [5.74, 6) is 0.173. The summed E-state index contributed by atoms with van der Waals surface area (Å²) in [4.78, 5) is 48.3. The molecule has 2 aliphatic heterocycles. The van der Waals surface area contributed by atoms with Gasteiger partial charge in [-0.2, -0.15) is 0 Å². The molecule has 0 aliphatic carbocycles. The Bertz CT molecular complexity index is 1770. The van der Waals surface area contributed by atoms with Gasteiger partial charge in [0, 0.05) is 108 Å². The number of hydrogen-bond donors (Lipinski definition) is 2. The highest BCUT2D eigenvalue weighted by molar-refractivity contribution is 7.98. The lowest BCUT2D eigenvalue weighted by Gasteiger charge is -2.33. The first-order valence-corrected chi connectivity index (χ1v) is 16.2. The molecule has 2 aliphatic rings. The fourth-order valence-electron chi connectivity index (χ4n) is 5.78. The molecular weight excluding hydrogens is 590 g/mol. The van der Waals surface area contributed by atoms with Crippen molar-refractivity contribution in [1.82, 2.24) is 30.2 Å². The maximum absolute atomic E-state index is 13.8. The number of pyridine rings is 2. The molecule has 1 amide bonds. The van der Waals surface area contributed by atoms with Gasteiger partial charge in [-0.15, -0.1) is 11.8 Å². The van der Waals surface area contributed by atoms with Crippen LogP contribution in [0.5, 0.6) is 11.5 Å². The van der Waals surface area contributed by atoms with Gasteiger partial charge in [-0.25, -0.2) is 9.97 Å². The highest BCUT2D eigenvalue weighted by Crippen LogP contribution is 2.51. The number of thioether (sulfide) groups is 1. The monoisotopic (exact) mass is 627 g/mol. The molecule has 4 aromatic rings. The summed E-state index contributed by atoms with van der Waals surface area (Å²) in [6, 6.07) is 7.38. The number of carbonyl (C=O) groups is 1. The second kappa shape index (κ2) is 12.5. The number of ether oxygens (including phenoxy) is 2. The second-order valence-corrected chi connectivity index (χ2v) is 12.2. The van der Waals surface area contributed by atoms with Crippen LogP contribution in [-0.4, -0.2) is 69.7 Å². The van der Waals surface area contributed by atoms with E-state index in [2.05, 4.69) is 32.0 Å². The number of nitrogens with zero attached hydrogens (tertiary/aromatic N) is 5. The summed E-state index contributed by atoms with van der Waals surface area (Å²) in [5, 5.41) is 2.96. The predicted molar refractivity (Wildman–Crippen MR) is 174 cm³/mol. The molecule has 3 aromatic heterocycles. The van der Waals surface area contributed by atoms with Crippen LogP contribution in [0.2, 0.25) is 0 Å². The number of anilines is 1. The highest BCUT2D eigenvalue weighted by Gasteiger charge is 2.42. The van der Waals surface area contributed by atoms with Crippen molar-refractivity contribution in [2.75, 3.05) is 43.9 Å². The topological polar surface area (TPSA) is 126 Å². The number of H-pyrrole nitrogens is 1. The number of piperazine rings is 1. The molecule has 0 saturated carbocycles. The second-order valence-electron chi connectivity index (χ2n) is 11.3. The smallest absolute Gasteiger partial charge is 0.275 e. The van der Waals surface area contributed by atoms with Crippen LogP contribution in [0.15, 0.2) is 58.7 Å². The summed E-state index contributed by atoms with van der Waals surface area (Å²) < 4.78 is 13.0. The third kappa shape index (κ3) is 5.99. The van der Waals surface area contributed by atoms with E-state index in [1.54, 1.807) is 30.9 Å². The molecule has 1 saturated heterocycles. The van der Waals surface area contributed by atoms with Gasteiger partial charge in [-0.1, -0.05) is 6.92 Å². The molecule has 1 fully saturated rings. The fourth-order valence-corrected chi connectivity index (χ4v) is 6.48. The van der Waals surface area contributed by atoms with Crippen molar-refractivity contribution in [2.24, 2.45) is 0 Å². The van der Waals surface area contributed by atoms with E-state index < -0.39 is 5.79 Å². The molecule has 1 atom stereocenters. The van der Waals surface area contributed by atoms with Crippen LogP contribution >= 0.6 is 11.8 Å². The molecule has 234 valence electrons. The van der Waals surface area contributed by atoms with E-state index in [4.69, 9.17) is 19.4 Å². The number of hydrogen-bond acceptors (Lipinski definition) is 10. The van der Waals surface area contributed by atoms with Crippen molar-refractivity contribution >= 4 is 23.6 Å². The van der Waals surface area contributed by atoms with E-state index in [9.17, 15) is 9.59 Å². The Morgan fingerprint density at radius 3 is 2.42 bits per heavy atom. The van der Waals surface area contributed by atoms with E-state index in [1.807, 2.05) is 45.2 Å². The van der Waals surface area contributed by atoms with Crippen LogP contribution in [0, 0.1) is 13.8 Å². The molecule has 5 heterocycles. The van der Waals surface area contributed by atoms with Crippen LogP contribution in [0.3, 0.4) is 0 Å². The molecule has 6 rings (SSSR count). The molecule has 0 radical (unpaired) electrons. The lowest BCUT2D eigenvalue weighted by Crippen LogP contribution is -2.46. The summed E-state index contributed by atoms with van der Waals surface area (Å²) in [6.07, 6.45) is 8.81. The van der Waals surface area contributed by atoms with Crippen LogP contribution in [-0.2, 0) is 12.3 Å². The number of aromatic amines is 1. The molecule has 45 heavy (non-hydrogen) atoms. The van der Waals surface area contributed by atoms with Gasteiger partial charge < -0.3 is 29.6 Å². The number of likely N-dealkylation sites (N-methyl/N-ethyl adjacent to an activating group) is 1. The summed E-state index contributed by atoms with van der Waals surface area (Å²) in [7, 11) is 0. The van der Waals surface area contributed by atoms with E-state index in [1.165, 1.54) is 11.8 Å². The van der Waals surface area contributed by atoms with Crippen molar-refractivity contribution in [2.45, 2.75) is 44.9 Å². The third-order valence-electron chi connectivity index (χ3n) is 8.45. The minimum Gasteiger partial charge on any atom is -0.444 e. The van der Waals surface area contributed by atoms with Gasteiger partial charge in [-0.05, 0) is 50.9 Å². The summed E-state index contributed by atoms with van der Waals surface area (Å²) in [5.41, 5.74) is 4.20. The number of amides is 1. The first-order valence-electron chi connectivity index (χ1n) is 15.0. The Morgan fingerprint density at radius 1 is 1.07 bits per heavy atom. The number of rotatable bonds is 8. The minimum absolute atomic E-state index is 0.0751. The zero-order valence-corrected chi connectivity index (χ0v) is 27.0. The SMILES string of the molecule is CCN1CCN(c2ncc(-c3cc(C(=O)NCc4c(SC)cc(C)[nH]c4=O)c(C)c4c3OC(C)(c3ccncc3)O4)cn2)CC1. The quantitative estimate of drug-likeness (QED) is 0.274. The normalized spacial score (nSPS) is 17.8. The van der Waals surface area contributed by atoms with Gasteiger partial charge in [-0.3, -0.25) is 14.6 Å². The zero-order chi connectivity index (χ0) is 31.7. The van der Waals surface area contributed by atoms with Gasteiger partial charge in [0.2, 0.25) is 5.95 Å². The zero-order valence-electron chi connectivity index (χ0n) is 26.1. The van der Waals surface area contributed by atoms with Crippen LogP contribution in [0.25, 0.3) is 11.1 Å². The summed E-state index contributed by atoms with van der Waals surface area (Å²) in [6.45, 7) is 12.5. The number of carbonyl (C=O) groups excluding carboxylic acids is 1. The van der Waals surface area contributed by atoms with Crippen LogP contribution < -0.4 is 25.2 Å². The van der Waals surface area contributed by atoms with E-state index in [-0.39, 0.29) is 18.0 Å². The molecule has 0 bridgehead atoms. The van der Waals surface area contributed by atoms with E-state index >= 15 is 0 Å². The van der Waals surface area contributed by atoms with Gasteiger partial charge in [0.05, 0.1) is 0 Å². The Kier molecular flexibility index (Phi) is 8.52. The number of benzene rings is 1. The van der Waals surface area contributed by atoms with E-state index in [0.717, 1.165) is 48.9 Å². The lowest BCUT2D eigenvalue weighted by molar-refractivity contribution is -0.0681. The number of aromatic nitrogens is 4. The first kappa shape index (κ1) is 30.6. The van der Waals surface area contributed by atoms with Crippen LogP contribution in [0.4, 0.5) is 5.95 Å². The van der Waals surface area contributed by atoms with Crippen molar-refractivity contribution in [3.63, 3.8) is 0 Å². The van der Waals surface area contributed by atoms with Gasteiger partial charge in [0.25, 0.3) is 17.3 Å². The molecule has 2 N–H and O–H groups in total. The average molecular weight is 628 g/mol. The van der Waals surface area contributed by atoms with Gasteiger partial charge in [0.15, 0.2) is 11.5 Å². The molecule has 0 spiro atoms. The fraction of sp³-hybridized carbons (Fsp3) is 0.364. The molecule has 1 aromatic carbocycles. The van der Waals surface area contributed by atoms with Crippen molar-refractivity contribution in [1.29, 1.82) is 0 Å². The van der Waals surface area contributed by atoms with Crippen molar-refractivity contribution in [3.8, 4) is 22.6 Å². The Labute approximate surface area is 266 Å². The third-order valence-corrected chi connectivity index (χ3v) is 9.26. The highest BCUT2D eigenvalue weighted by atomic mass is 32.2. The first-order chi connectivity index (χ1) is 21.7. The van der Waals surface area contributed by atoms with Gasteiger partial charge in [0.1, 0.15) is 0 Å². The number of nitrogens with one attached hydrogen (secondary N) is 2. The molecule has 1 unspecified atom stereocenters. The Balaban J connectivity index is 1.35. The Hall–Kier alpha value is -4.42. The van der Waals surface area contributed by atoms with Crippen molar-refractivity contribution in [3.05, 3.63) is 87.4 Å². The molecule has 11 nitrogen and oxygen atoms in total. The van der Waals surface area contributed by atoms with E-state index in [0.29, 0.717) is 45.3 Å². The van der Waals surface area contributed by atoms with Crippen LogP contribution in [0.1, 0.15) is 46.6 Å². The molecular formula is C33H37N7O4S. The lowest BCUT2D eigenvalue weighted by atomic mass is 9.98. The number of aryl methyl sites for hydroxylation is 1. The maximum Gasteiger partial charge on any atom is 0.275 e. The predicted octanol–water partition coefficient (Wildman–Crippen LogP) is 4.28.